The van der Waals surface area contributed by atoms with Crippen LogP contribution < -0.4 is 5.73 Å². The van der Waals surface area contributed by atoms with Gasteiger partial charge in [-0.3, -0.25) is 0 Å². The van der Waals surface area contributed by atoms with E-state index in [1.54, 1.807) is 12.4 Å². The molecular formula is C22H17N5O. The first kappa shape index (κ1) is 16.5. The molecule has 4 aromatic rings. The van der Waals surface area contributed by atoms with Crippen LogP contribution in [0, 0.1) is 11.8 Å². The van der Waals surface area contributed by atoms with Crippen LogP contribution in [-0.2, 0) is 12.1 Å². The lowest BCUT2D eigenvalue weighted by Crippen LogP contribution is -2.20. The van der Waals surface area contributed by atoms with Gasteiger partial charge in [-0.15, -0.1) is 0 Å². The number of imidazole rings is 1. The van der Waals surface area contributed by atoms with Gasteiger partial charge in [-0.1, -0.05) is 30.0 Å². The number of benzene rings is 1. The molecular weight excluding hydrogens is 350 g/mol. The van der Waals surface area contributed by atoms with Crippen molar-refractivity contribution < 1.29 is 5.11 Å². The van der Waals surface area contributed by atoms with Crippen molar-refractivity contribution in [2.24, 2.45) is 0 Å². The third-order valence-electron chi connectivity index (χ3n) is 5.01. The van der Waals surface area contributed by atoms with Gasteiger partial charge in [-0.2, -0.15) is 0 Å². The Morgan fingerprint density at radius 1 is 1.11 bits per heavy atom. The predicted octanol–water partition coefficient (Wildman–Crippen LogP) is 2.72. The lowest BCUT2D eigenvalue weighted by Gasteiger charge is -2.12. The lowest BCUT2D eigenvalue weighted by atomic mass is 10.0. The summed E-state index contributed by atoms with van der Waals surface area (Å²) in [5.74, 6) is 7.12. The highest BCUT2D eigenvalue weighted by Crippen LogP contribution is 2.30. The van der Waals surface area contributed by atoms with Crippen LogP contribution in [0.1, 0.15) is 17.8 Å². The molecule has 0 amide bonds. The zero-order chi connectivity index (χ0) is 19.1. The Morgan fingerprint density at radius 2 is 2.04 bits per heavy atom. The average Bonchev–Trinajstić information content (AvgIpc) is 3.32. The Labute approximate surface area is 161 Å². The summed E-state index contributed by atoms with van der Waals surface area (Å²) in [4.78, 5) is 13.0. The fourth-order valence-corrected chi connectivity index (χ4v) is 3.53. The van der Waals surface area contributed by atoms with Crippen molar-refractivity contribution in [2.75, 3.05) is 5.73 Å². The van der Waals surface area contributed by atoms with Gasteiger partial charge in [0.15, 0.2) is 11.4 Å². The van der Waals surface area contributed by atoms with Crippen LogP contribution >= 0.6 is 0 Å². The van der Waals surface area contributed by atoms with Gasteiger partial charge in [-0.05, 0) is 24.3 Å². The summed E-state index contributed by atoms with van der Waals surface area (Å²) in [6.45, 7) is 0.719. The van der Waals surface area contributed by atoms with Crippen molar-refractivity contribution >= 4 is 16.7 Å². The van der Waals surface area contributed by atoms with Crippen molar-refractivity contribution in [2.45, 2.75) is 18.6 Å². The minimum absolute atomic E-state index is 0.411. The molecule has 3 aromatic heterocycles. The van der Waals surface area contributed by atoms with Crippen molar-refractivity contribution in [1.29, 1.82) is 0 Å². The highest BCUT2D eigenvalue weighted by atomic mass is 16.3. The first-order chi connectivity index (χ1) is 13.6. The summed E-state index contributed by atoms with van der Waals surface area (Å²) < 4.78 is 1.93. The number of anilines is 1. The zero-order valence-electron chi connectivity index (χ0n) is 15.0. The molecule has 0 unspecified atom stereocenters. The number of rotatable bonds is 1. The molecule has 6 nitrogen and oxygen atoms in total. The normalized spacial score (nSPS) is 17.9. The molecule has 28 heavy (non-hydrogen) atoms. The van der Waals surface area contributed by atoms with Crippen molar-refractivity contribution in [3.8, 4) is 23.1 Å². The molecule has 3 N–H and O–H groups in total. The molecule has 6 heteroatoms. The van der Waals surface area contributed by atoms with E-state index in [2.05, 4.69) is 26.8 Å². The van der Waals surface area contributed by atoms with E-state index >= 15 is 0 Å². The number of hydrogen-bond acceptors (Lipinski definition) is 5. The number of aromatic nitrogens is 4. The highest BCUT2D eigenvalue weighted by molar-refractivity contribution is 5.88. The molecule has 0 saturated heterocycles. The monoisotopic (exact) mass is 367 g/mol. The number of hydrogen-bond donors (Lipinski definition) is 2. The Balaban J connectivity index is 1.51. The maximum absolute atomic E-state index is 10.8. The second kappa shape index (κ2) is 6.19. The molecule has 0 fully saturated rings. The fourth-order valence-electron chi connectivity index (χ4n) is 3.53. The summed E-state index contributed by atoms with van der Waals surface area (Å²) in [5.41, 5.74) is 7.97. The average molecular weight is 367 g/mol. The summed E-state index contributed by atoms with van der Waals surface area (Å²) in [6.07, 6.45) is 5.77. The molecule has 0 aliphatic carbocycles. The smallest absolute Gasteiger partial charge is 0.185 e. The van der Waals surface area contributed by atoms with Crippen molar-refractivity contribution in [1.82, 2.24) is 19.5 Å². The van der Waals surface area contributed by atoms with E-state index in [-0.39, 0.29) is 0 Å². The van der Waals surface area contributed by atoms with Crippen LogP contribution in [0.25, 0.3) is 22.2 Å². The largest absolute Gasteiger partial charge is 0.382 e. The SMILES string of the molecule is Nc1nccc2ccc(-c3cccc(C#C[C@]4(O)CCn5ccnc54)c3)nc12. The van der Waals surface area contributed by atoms with Crippen LogP contribution in [0.5, 0.6) is 0 Å². The summed E-state index contributed by atoms with van der Waals surface area (Å²) >= 11 is 0. The third kappa shape index (κ3) is 2.70. The van der Waals surface area contributed by atoms with Crippen LogP contribution in [0.15, 0.2) is 61.1 Å². The van der Waals surface area contributed by atoms with Crippen molar-refractivity contribution in [3.05, 3.63) is 72.4 Å². The van der Waals surface area contributed by atoms with Gasteiger partial charge < -0.3 is 15.4 Å². The summed E-state index contributed by atoms with van der Waals surface area (Å²) in [7, 11) is 0. The maximum Gasteiger partial charge on any atom is 0.185 e. The number of nitrogens with two attached hydrogens (primary N) is 1. The molecule has 5 rings (SSSR count). The van der Waals surface area contributed by atoms with E-state index in [0.29, 0.717) is 23.6 Å². The topological polar surface area (TPSA) is 89.8 Å². The van der Waals surface area contributed by atoms with Crippen LogP contribution in [0.2, 0.25) is 0 Å². The Kier molecular flexibility index (Phi) is 3.64. The standard InChI is InChI=1S/C22H17N5O/c23-20-19-16(7-10-24-20)4-5-18(26-19)17-3-1-2-15(14-17)6-8-22(28)9-12-27-13-11-25-21(22)27/h1-5,7,10-11,13-14,28H,9,12H2,(H2,23,24)/t22-/m0/s1. The van der Waals surface area contributed by atoms with Gasteiger partial charge in [0.05, 0.1) is 5.69 Å². The molecule has 0 bridgehead atoms. The van der Waals surface area contributed by atoms with E-state index in [4.69, 9.17) is 5.73 Å². The lowest BCUT2D eigenvalue weighted by molar-refractivity contribution is 0.0980. The second-order valence-electron chi connectivity index (χ2n) is 6.85. The van der Waals surface area contributed by atoms with E-state index in [1.807, 2.05) is 53.2 Å². The summed E-state index contributed by atoms with van der Waals surface area (Å²) in [6, 6.07) is 13.6. The van der Waals surface area contributed by atoms with Gasteiger partial charge >= 0.3 is 0 Å². The fraction of sp³-hybridized carbons (Fsp3) is 0.136. The number of pyridine rings is 2. The van der Waals surface area contributed by atoms with Gasteiger partial charge in [0.1, 0.15) is 11.3 Å². The molecule has 1 atom stereocenters. The Morgan fingerprint density at radius 3 is 2.96 bits per heavy atom. The van der Waals surface area contributed by atoms with E-state index in [0.717, 1.165) is 28.8 Å². The maximum atomic E-state index is 10.8. The highest BCUT2D eigenvalue weighted by Gasteiger charge is 2.36. The first-order valence-corrected chi connectivity index (χ1v) is 9.01. The minimum atomic E-state index is -1.21. The van der Waals surface area contributed by atoms with Gasteiger partial charge in [0, 0.05) is 48.1 Å². The quantitative estimate of drug-likeness (QED) is 0.505. The molecule has 136 valence electrons. The molecule has 0 radical (unpaired) electrons. The number of nitrogen functional groups attached to an aromatic ring is 1. The molecule has 1 aliphatic rings. The summed E-state index contributed by atoms with van der Waals surface area (Å²) in [5, 5.41) is 11.8. The molecule has 0 saturated carbocycles. The number of aryl methyl sites for hydroxylation is 1. The van der Waals surface area contributed by atoms with Gasteiger partial charge in [0.25, 0.3) is 0 Å². The number of aliphatic hydroxyl groups is 1. The van der Waals surface area contributed by atoms with E-state index in [9.17, 15) is 5.11 Å². The predicted molar refractivity (Wildman–Crippen MR) is 107 cm³/mol. The van der Waals surface area contributed by atoms with Gasteiger partial charge in [-0.25, -0.2) is 15.0 Å². The number of nitrogens with zero attached hydrogens (tertiary/aromatic N) is 4. The number of fused-ring (bicyclic) bond motifs is 2. The third-order valence-corrected chi connectivity index (χ3v) is 5.01. The Hall–Kier alpha value is -3.69. The molecule has 4 heterocycles. The molecule has 1 aliphatic heterocycles. The minimum Gasteiger partial charge on any atom is -0.382 e. The van der Waals surface area contributed by atoms with Crippen LogP contribution in [0.3, 0.4) is 0 Å². The van der Waals surface area contributed by atoms with Crippen LogP contribution in [-0.4, -0.2) is 24.6 Å². The van der Waals surface area contributed by atoms with E-state index in [1.165, 1.54) is 0 Å². The molecule has 1 aromatic carbocycles. The van der Waals surface area contributed by atoms with E-state index < -0.39 is 5.60 Å². The first-order valence-electron chi connectivity index (χ1n) is 9.01. The Bertz CT molecular complexity index is 1270. The zero-order valence-corrected chi connectivity index (χ0v) is 15.0. The second-order valence-corrected chi connectivity index (χ2v) is 6.85. The van der Waals surface area contributed by atoms with Gasteiger partial charge in [0.2, 0.25) is 0 Å². The molecule has 0 spiro atoms. The van der Waals surface area contributed by atoms with Crippen LogP contribution in [0.4, 0.5) is 5.82 Å². The van der Waals surface area contributed by atoms with Crippen molar-refractivity contribution in [3.63, 3.8) is 0 Å².